The quantitative estimate of drug-likeness (QED) is 0.643. The summed E-state index contributed by atoms with van der Waals surface area (Å²) in [7, 11) is 0. The van der Waals surface area contributed by atoms with Gasteiger partial charge in [-0.2, -0.15) is 0 Å². The maximum absolute atomic E-state index is 12.1. The zero-order chi connectivity index (χ0) is 20.1. The van der Waals surface area contributed by atoms with Gasteiger partial charge in [0.25, 0.3) is 0 Å². The molecule has 1 heterocycles. The molecule has 0 radical (unpaired) electrons. The standard InChI is InChI=1S/C22H23N3O2S/c1-14-8-7-11-18(15(14)2)25-21(27)20(26)23-13-12-19-16(3)24-22(28-19)17-9-5-4-6-10-17/h4-11H,12-13H2,1-3H3,(H,23,26)(H,25,27). The number of hydrogen-bond donors (Lipinski definition) is 2. The molecule has 0 saturated carbocycles. The Morgan fingerprint density at radius 3 is 2.46 bits per heavy atom. The van der Waals surface area contributed by atoms with Gasteiger partial charge in [-0.1, -0.05) is 42.5 Å². The summed E-state index contributed by atoms with van der Waals surface area (Å²) < 4.78 is 0. The predicted octanol–water partition coefficient (Wildman–Crippen LogP) is 4.03. The number of aromatic nitrogens is 1. The van der Waals surface area contributed by atoms with E-state index in [1.54, 1.807) is 17.4 Å². The number of nitrogens with zero attached hydrogens (tertiary/aromatic N) is 1. The molecule has 2 amide bonds. The van der Waals surface area contributed by atoms with Crippen molar-refractivity contribution < 1.29 is 9.59 Å². The van der Waals surface area contributed by atoms with Crippen LogP contribution in [0, 0.1) is 20.8 Å². The number of nitrogens with one attached hydrogen (secondary N) is 2. The molecule has 1 aromatic heterocycles. The van der Waals surface area contributed by atoms with Crippen LogP contribution in [0.15, 0.2) is 48.5 Å². The van der Waals surface area contributed by atoms with Crippen LogP contribution in [-0.2, 0) is 16.0 Å². The third kappa shape index (κ3) is 4.64. The van der Waals surface area contributed by atoms with Gasteiger partial charge in [-0.25, -0.2) is 4.98 Å². The van der Waals surface area contributed by atoms with E-state index in [2.05, 4.69) is 15.6 Å². The van der Waals surface area contributed by atoms with Crippen molar-refractivity contribution in [3.05, 3.63) is 70.2 Å². The highest BCUT2D eigenvalue weighted by atomic mass is 32.1. The monoisotopic (exact) mass is 393 g/mol. The van der Waals surface area contributed by atoms with Crippen molar-refractivity contribution in [2.24, 2.45) is 0 Å². The first-order chi connectivity index (χ1) is 13.5. The van der Waals surface area contributed by atoms with E-state index in [4.69, 9.17) is 0 Å². The van der Waals surface area contributed by atoms with Crippen molar-refractivity contribution in [3.8, 4) is 10.6 Å². The average Bonchev–Trinajstić information content (AvgIpc) is 3.06. The van der Waals surface area contributed by atoms with E-state index < -0.39 is 11.8 Å². The summed E-state index contributed by atoms with van der Waals surface area (Å²) in [5.74, 6) is -1.29. The summed E-state index contributed by atoms with van der Waals surface area (Å²) in [5, 5.41) is 6.33. The zero-order valence-electron chi connectivity index (χ0n) is 16.2. The number of rotatable bonds is 5. The Morgan fingerprint density at radius 1 is 0.964 bits per heavy atom. The minimum atomic E-state index is -0.653. The van der Waals surface area contributed by atoms with Gasteiger partial charge in [0.05, 0.1) is 5.69 Å². The summed E-state index contributed by atoms with van der Waals surface area (Å²) in [6.45, 7) is 6.23. The highest BCUT2D eigenvalue weighted by molar-refractivity contribution is 7.15. The first-order valence-corrected chi connectivity index (χ1v) is 9.94. The summed E-state index contributed by atoms with van der Waals surface area (Å²) in [4.78, 5) is 30.0. The molecule has 0 aliphatic rings. The predicted molar refractivity (Wildman–Crippen MR) is 114 cm³/mol. The highest BCUT2D eigenvalue weighted by Crippen LogP contribution is 2.27. The van der Waals surface area contributed by atoms with Gasteiger partial charge in [-0.05, 0) is 38.0 Å². The molecule has 3 rings (SSSR count). The third-order valence-corrected chi connectivity index (χ3v) is 5.88. The molecule has 3 aromatic rings. The Labute approximate surface area is 168 Å². The molecule has 6 heteroatoms. The average molecular weight is 394 g/mol. The fourth-order valence-corrected chi connectivity index (χ4v) is 3.87. The molecule has 0 bridgehead atoms. The number of benzene rings is 2. The Balaban J connectivity index is 1.55. The summed E-state index contributed by atoms with van der Waals surface area (Å²) >= 11 is 1.62. The van der Waals surface area contributed by atoms with Crippen LogP contribution in [0.3, 0.4) is 0 Å². The van der Waals surface area contributed by atoms with E-state index in [0.29, 0.717) is 18.7 Å². The van der Waals surface area contributed by atoms with Crippen LogP contribution >= 0.6 is 11.3 Å². The van der Waals surface area contributed by atoms with Crippen LogP contribution in [-0.4, -0.2) is 23.3 Å². The minimum absolute atomic E-state index is 0.385. The van der Waals surface area contributed by atoms with Crippen LogP contribution in [0.4, 0.5) is 5.69 Å². The second kappa shape index (κ2) is 8.80. The van der Waals surface area contributed by atoms with Gasteiger partial charge in [-0.3, -0.25) is 9.59 Å². The topological polar surface area (TPSA) is 71.1 Å². The van der Waals surface area contributed by atoms with Crippen LogP contribution in [0.2, 0.25) is 0 Å². The maximum atomic E-state index is 12.1. The van der Waals surface area contributed by atoms with Crippen LogP contribution in [0.1, 0.15) is 21.7 Å². The lowest BCUT2D eigenvalue weighted by molar-refractivity contribution is -0.136. The van der Waals surface area contributed by atoms with Crippen LogP contribution in [0.5, 0.6) is 0 Å². The fourth-order valence-electron chi connectivity index (χ4n) is 2.80. The Hall–Kier alpha value is -2.99. The smallest absolute Gasteiger partial charge is 0.313 e. The molecule has 5 nitrogen and oxygen atoms in total. The molecule has 0 aliphatic heterocycles. The largest absolute Gasteiger partial charge is 0.347 e. The van der Waals surface area contributed by atoms with Crippen molar-refractivity contribution in [2.45, 2.75) is 27.2 Å². The first kappa shape index (κ1) is 19.8. The number of anilines is 1. The summed E-state index contributed by atoms with van der Waals surface area (Å²) in [6, 6.07) is 15.6. The van der Waals surface area contributed by atoms with E-state index in [1.165, 1.54) is 0 Å². The molecule has 2 aromatic carbocycles. The number of thiazole rings is 1. The molecule has 0 fully saturated rings. The van der Waals surface area contributed by atoms with E-state index in [1.807, 2.05) is 63.2 Å². The summed E-state index contributed by atoms with van der Waals surface area (Å²) in [5.41, 5.74) is 4.72. The lowest BCUT2D eigenvalue weighted by atomic mass is 10.1. The normalized spacial score (nSPS) is 10.5. The molecule has 0 atom stereocenters. The van der Waals surface area contributed by atoms with E-state index >= 15 is 0 Å². The second-order valence-corrected chi connectivity index (χ2v) is 7.68. The molecule has 0 saturated heterocycles. The highest BCUT2D eigenvalue weighted by Gasteiger charge is 2.15. The van der Waals surface area contributed by atoms with E-state index in [-0.39, 0.29) is 0 Å². The Kier molecular flexibility index (Phi) is 6.21. The Morgan fingerprint density at radius 2 is 1.71 bits per heavy atom. The second-order valence-electron chi connectivity index (χ2n) is 6.60. The Bertz CT molecular complexity index is 996. The first-order valence-electron chi connectivity index (χ1n) is 9.13. The van der Waals surface area contributed by atoms with Crippen molar-refractivity contribution in [1.29, 1.82) is 0 Å². The zero-order valence-corrected chi connectivity index (χ0v) is 17.0. The van der Waals surface area contributed by atoms with Crippen molar-refractivity contribution in [2.75, 3.05) is 11.9 Å². The molecule has 2 N–H and O–H groups in total. The lowest BCUT2D eigenvalue weighted by Gasteiger charge is -2.10. The third-order valence-electron chi connectivity index (χ3n) is 4.61. The van der Waals surface area contributed by atoms with Crippen LogP contribution in [0.25, 0.3) is 10.6 Å². The van der Waals surface area contributed by atoms with Gasteiger partial charge < -0.3 is 10.6 Å². The lowest BCUT2D eigenvalue weighted by Crippen LogP contribution is -2.36. The number of hydrogen-bond acceptors (Lipinski definition) is 4. The molecule has 0 aliphatic carbocycles. The van der Waals surface area contributed by atoms with E-state index in [9.17, 15) is 9.59 Å². The van der Waals surface area contributed by atoms with Crippen molar-refractivity contribution in [1.82, 2.24) is 10.3 Å². The number of amides is 2. The minimum Gasteiger partial charge on any atom is -0.347 e. The van der Waals surface area contributed by atoms with Gasteiger partial charge in [-0.15, -0.1) is 11.3 Å². The van der Waals surface area contributed by atoms with Gasteiger partial charge in [0.1, 0.15) is 5.01 Å². The fraction of sp³-hybridized carbons (Fsp3) is 0.227. The van der Waals surface area contributed by atoms with Gasteiger partial charge in [0, 0.05) is 29.1 Å². The van der Waals surface area contributed by atoms with Crippen molar-refractivity contribution >= 4 is 28.8 Å². The van der Waals surface area contributed by atoms with Crippen LogP contribution < -0.4 is 10.6 Å². The molecule has 0 unspecified atom stereocenters. The van der Waals surface area contributed by atoms with Crippen molar-refractivity contribution in [3.63, 3.8) is 0 Å². The number of aryl methyl sites for hydroxylation is 2. The molecule has 144 valence electrons. The SMILES string of the molecule is Cc1cccc(NC(=O)C(=O)NCCc2sc(-c3ccccc3)nc2C)c1C. The molecular weight excluding hydrogens is 370 g/mol. The van der Waals surface area contributed by atoms with Gasteiger partial charge in [0.2, 0.25) is 0 Å². The summed E-state index contributed by atoms with van der Waals surface area (Å²) in [6.07, 6.45) is 0.638. The maximum Gasteiger partial charge on any atom is 0.313 e. The van der Waals surface area contributed by atoms with Gasteiger partial charge >= 0.3 is 11.8 Å². The number of carbonyl (C=O) groups excluding carboxylic acids is 2. The molecule has 0 spiro atoms. The molecular formula is C22H23N3O2S. The molecule has 28 heavy (non-hydrogen) atoms. The van der Waals surface area contributed by atoms with E-state index in [0.717, 1.165) is 32.3 Å². The van der Waals surface area contributed by atoms with Gasteiger partial charge in [0.15, 0.2) is 0 Å². The number of carbonyl (C=O) groups is 2.